The molecule has 2 amide bonds. The molecule has 8 nitrogen and oxygen atoms in total. The molecular weight excluding hydrogens is 324 g/mol. The second kappa shape index (κ2) is 5.72. The molecule has 0 radical (unpaired) electrons. The summed E-state index contributed by atoms with van der Waals surface area (Å²) >= 11 is 1.32. The van der Waals surface area contributed by atoms with Crippen LogP contribution in [-0.4, -0.2) is 63.6 Å². The zero-order valence-electron chi connectivity index (χ0n) is 12.7. The summed E-state index contributed by atoms with van der Waals surface area (Å²) in [5, 5.41) is 21.7. The number of hydrogen-bond acceptors (Lipinski definition) is 6. The molecule has 3 N–H and O–H groups in total. The number of aliphatic carboxylic acids is 1. The van der Waals surface area contributed by atoms with Crippen molar-refractivity contribution in [2.75, 3.05) is 13.2 Å². The smallest absolute Gasteiger partial charge is 0.407 e. The van der Waals surface area contributed by atoms with Crippen LogP contribution in [0.4, 0.5) is 4.79 Å². The number of β-lactam (4-membered cyclic amide) rings is 1. The Balaban J connectivity index is 1.84. The normalized spacial score (nSPS) is 34.5. The van der Waals surface area contributed by atoms with Crippen molar-refractivity contribution in [1.82, 2.24) is 10.2 Å². The van der Waals surface area contributed by atoms with Gasteiger partial charge in [-0.15, -0.1) is 11.8 Å². The van der Waals surface area contributed by atoms with Crippen LogP contribution < -0.4 is 5.32 Å². The van der Waals surface area contributed by atoms with Crippen LogP contribution in [0.1, 0.15) is 13.8 Å². The van der Waals surface area contributed by atoms with Crippen LogP contribution in [0.5, 0.6) is 0 Å². The van der Waals surface area contributed by atoms with Crippen LogP contribution in [0.2, 0.25) is 0 Å². The number of nitrogens with one attached hydrogen (secondary N) is 1. The summed E-state index contributed by atoms with van der Waals surface area (Å²) < 4.78 is 4.92. The Labute approximate surface area is 136 Å². The fraction of sp³-hybridized carbons (Fsp3) is 0.643. The van der Waals surface area contributed by atoms with Gasteiger partial charge in [0.05, 0.1) is 23.3 Å². The standard InChI is InChI=1S/C14H18N2O6S/c1-5-9-8(6(2)17)12(18)16(9)10(13(19)20)11(5)23-7-3-15-14(21)22-4-7/h5-9,17H,3-4H2,1-2H3,(H,15,21)(H,19,20)/t5-,6-,7?,8-,9-/m1/s1. The molecule has 0 aromatic heterocycles. The van der Waals surface area contributed by atoms with E-state index in [0.29, 0.717) is 11.4 Å². The van der Waals surface area contributed by atoms with E-state index in [9.17, 15) is 24.6 Å². The van der Waals surface area contributed by atoms with Crippen LogP contribution >= 0.6 is 11.8 Å². The molecule has 3 aliphatic heterocycles. The number of hydrogen-bond donors (Lipinski definition) is 3. The molecule has 0 aromatic carbocycles. The Bertz CT molecular complexity index is 594. The van der Waals surface area contributed by atoms with E-state index in [1.54, 1.807) is 6.92 Å². The molecule has 0 bridgehead atoms. The first-order chi connectivity index (χ1) is 10.8. The molecule has 2 fully saturated rings. The van der Waals surface area contributed by atoms with Crippen molar-refractivity contribution in [2.45, 2.75) is 31.2 Å². The highest BCUT2D eigenvalue weighted by Crippen LogP contribution is 2.51. The highest BCUT2D eigenvalue weighted by molar-refractivity contribution is 8.03. The minimum absolute atomic E-state index is 0.00806. The van der Waals surface area contributed by atoms with Crippen LogP contribution in [0.25, 0.3) is 0 Å². The molecule has 0 aromatic rings. The van der Waals surface area contributed by atoms with Gasteiger partial charge in [0.2, 0.25) is 5.91 Å². The molecule has 1 unspecified atom stereocenters. The molecule has 9 heteroatoms. The lowest BCUT2D eigenvalue weighted by Gasteiger charge is -2.46. The second-order valence-corrected chi connectivity index (χ2v) is 7.33. The van der Waals surface area contributed by atoms with Crippen LogP contribution in [0, 0.1) is 11.8 Å². The minimum Gasteiger partial charge on any atom is -0.477 e. The van der Waals surface area contributed by atoms with Crippen LogP contribution in [-0.2, 0) is 14.3 Å². The van der Waals surface area contributed by atoms with E-state index >= 15 is 0 Å². The first-order valence-corrected chi connectivity index (χ1v) is 8.26. The van der Waals surface area contributed by atoms with Gasteiger partial charge in [-0.05, 0) is 6.92 Å². The van der Waals surface area contributed by atoms with Crippen molar-refractivity contribution >= 4 is 29.7 Å². The quantitative estimate of drug-likeness (QED) is 0.615. The number of nitrogens with zero attached hydrogens (tertiary/aromatic N) is 1. The molecule has 3 aliphatic rings. The van der Waals surface area contributed by atoms with Gasteiger partial charge in [0.1, 0.15) is 12.3 Å². The van der Waals surface area contributed by atoms with E-state index in [0.717, 1.165) is 0 Å². The van der Waals surface area contributed by atoms with Crippen molar-refractivity contribution < 1.29 is 29.3 Å². The minimum atomic E-state index is -1.15. The molecule has 0 saturated carbocycles. The lowest BCUT2D eigenvalue weighted by molar-refractivity contribution is -0.163. The number of rotatable bonds is 4. The van der Waals surface area contributed by atoms with Crippen LogP contribution in [0.15, 0.2) is 10.6 Å². The maximum Gasteiger partial charge on any atom is 0.407 e. The van der Waals surface area contributed by atoms with Gasteiger partial charge in [-0.3, -0.25) is 4.79 Å². The third-order valence-electron chi connectivity index (χ3n) is 4.48. The number of ether oxygens (including phenoxy) is 1. The van der Waals surface area contributed by atoms with E-state index in [1.807, 2.05) is 6.92 Å². The average molecular weight is 342 g/mol. The first-order valence-electron chi connectivity index (χ1n) is 7.38. The highest BCUT2D eigenvalue weighted by Gasteiger charge is 2.60. The zero-order chi connectivity index (χ0) is 16.9. The zero-order valence-corrected chi connectivity index (χ0v) is 13.5. The van der Waals surface area contributed by atoms with Gasteiger partial charge in [0.15, 0.2) is 0 Å². The highest BCUT2D eigenvalue weighted by atomic mass is 32.2. The number of carbonyl (C=O) groups excluding carboxylic acids is 2. The summed E-state index contributed by atoms with van der Waals surface area (Å²) in [5.74, 6) is -2.25. The van der Waals surface area contributed by atoms with Crippen molar-refractivity contribution in [1.29, 1.82) is 0 Å². The molecule has 2 saturated heterocycles. The van der Waals surface area contributed by atoms with Gasteiger partial charge < -0.3 is 25.2 Å². The molecule has 23 heavy (non-hydrogen) atoms. The Morgan fingerprint density at radius 3 is 2.70 bits per heavy atom. The number of fused-ring (bicyclic) bond motifs is 1. The number of carbonyl (C=O) groups is 3. The fourth-order valence-electron chi connectivity index (χ4n) is 3.41. The third-order valence-corrected chi connectivity index (χ3v) is 5.93. The van der Waals surface area contributed by atoms with Crippen molar-refractivity contribution in [3.05, 3.63) is 10.6 Å². The molecule has 3 rings (SSSR count). The number of aliphatic hydroxyl groups is 1. The number of cyclic esters (lactones) is 1. The predicted molar refractivity (Wildman–Crippen MR) is 80.4 cm³/mol. The monoisotopic (exact) mass is 342 g/mol. The van der Waals surface area contributed by atoms with Crippen LogP contribution in [0.3, 0.4) is 0 Å². The molecular formula is C14H18N2O6S. The van der Waals surface area contributed by atoms with Gasteiger partial charge >= 0.3 is 12.1 Å². The lowest BCUT2D eigenvalue weighted by Crippen LogP contribution is -2.63. The number of thioether (sulfide) groups is 1. The molecule has 126 valence electrons. The van der Waals surface area contributed by atoms with Gasteiger partial charge in [-0.1, -0.05) is 6.92 Å². The first kappa shape index (κ1) is 16.1. The Hall–Kier alpha value is -1.74. The predicted octanol–water partition coefficient (Wildman–Crippen LogP) is -0.0183. The van der Waals surface area contributed by atoms with E-state index in [-0.39, 0.29) is 35.4 Å². The summed E-state index contributed by atoms with van der Waals surface area (Å²) in [6.45, 7) is 3.98. The summed E-state index contributed by atoms with van der Waals surface area (Å²) in [7, 11) is 0. The van der Waals surface area contributed by atoms with E-state index < -0.39 is 24.1 Å². The fourth-order valence-corrected chi connectivity index (χ4v) is 4.72. The number of amides is 2. The Kier molecular flexibility index (Phi) is 4.01. The largest absolute Gasteiger partial charge is 0.477 e. The maximum atomic E-state index is 12.2. The van der Waals surface area contributed by atoms with E-state index in [2.05, 4.69) is 5.32 Å². The summed E-state index contributed by atoms with van der Waals surface area (Å²) in [4.78, 5) is 36.8. The average Bonchev–Trinajstić information content (AvgIpc) is 2.71. The second-order valence-electron chi connectivity index (χ2n) is 5.99. The summed E-state index contributed by atoms with van der Waals surface area (Å²) in [6.07, 6.45) is -1.30. The van der Waals surface area contributed by atoms with Gasteiger partial charge in [0.25, 0.3) is 0 Å². The number of carboxylic acid groups (broad SMARTS) is 1. The Morgan fingerprint density at radius 1 is 1.48 bits per heavy atom. The van der Waals surface area contributed by atoms with Crippen molar-refractivity contribution in [3.63, 3.8) is 0 Å². The SMILES string of the molecule is C[C@@H](O)[C@H]1C(=O)N2C(C(=O)O)=C(SC3CNC(=O)OC3)[C@H](C)[C@H]12. The van der Waals surface area contributed by atoms with Crippen molar-refractivity contribution in [2.24, 2.45) is 11.8 Å². The number of carboxylic acids is 1. The van der Waals surface area contributed by atoms with E-state index in [4.69, 9.17) is 4.74 Å². The maximum absolute atomic E-state index is 12.2. The Morgan fingerprint density at radius 2 is 2.17 bits per heavy atom. The summed E-state index contributed by atoms with van der Waals surface area (Å²) in [5.41, 5.74) is -0.00806. The third kappa shape index (κ3) is 2.47. The lowest BCUT2D eigenvalue weighted by atomic mass is 9.79. The van der Waals surface area contributed by atoms with Gasteiger partial charge in [-0.25, -0.2) is 9.59 Å². The van der Waals surface area contributed by atoms with E-state index in [1.165, 1.54) is 16.7 Å². The van der Waals surface area contributed by atoms with Gasteiger partial charge in [-0.2, -0.15) is 0 Å². The molecule has 0 spiro atoms. The number of aliphatic hydroxyl groups excluding tert-OH is 1. The molecule has 5 atom stereocenters. The summed E-state index contributed by atoms with van der Waals surface area (Å²) in [6, 6.07) is -0.324. The number of alkyl carbamates (subject to hydrolysis) is 1. The molecule has 3 heterocycles. The topological polar surface area (TPSA) is 116 Å². The van der Waals surface area contributed by atoms with Crippen molar-refractivity contribution in [3.8, 4) is 0 Å². The van der Waals surface area contributed by atoms with Gasteiger partial charge in [0, 0.05) is 17.4 Å². The molecule has 0 aliphatic carbocycles.